The lowest BCUT2D eigenvalue weighted by molar-refractivity contribution is -0.274. The van der Waals surface area contributed by atoms with Crippen molar-refractivity contribution in [2.45, 2.75) is 25.6 Å². The summed E-state index contributed by atoms with van der Waals surface area (Å²) < 4.78 is 40.2. The van der Waals surface area contributed by atoms with Gasteiger partial charge < -0.3 is 15.2 Å². The minimum absolute atomic E-state index is 0.0595. The van der Waals surface area contributed by atoms with Crippen LogP contribution in [-0.4, -0.2) is 29.9 Å². The van der Waals surface area contributed by atoms with Crippen LogP contribution in [0.1, 0.15) is 27.9 Å². The van der Waals surface area contributed by atoms with E-state index in [2.05, 4.69) is 10.1 Å². The van der Waals surface area contributed by atoms with E-state index in [4.69, 9.17) is 5.11 Å². The van der Waals surface area contributed by atoms with Gasteiger partial charge in [0.25, 0.3) is 5.91 Å². The van der Waals surface area contributed by atoms with Crippen LogP contribution < -0.4 is 10.1 Å². The molecular weight excluding hydrogens is 363 g/mol. The molecule has 2 aromatic carbocycles. The molecule has 0 atom stereocenters. The number of carbonyl (C=O) groups excluding carboxylic acids is 1. The van der Waals surface area contributed by atoms with Gasteiger partial charge in [-0.1, -0.05) is 24.3 Å². The van der Waals surface area contributed by atoms with E-state index in [9.17, 15) is 22.8 Å². The lowest BCUT2D eigenvalue weighted by atomic mass is 10.0. The molecule has 2 N–H and O–H groups in total. The highest BCUT2D eigenvalue weighted by atomic mass is 19.4. The molecule has 0 radical (unpaired) electrons. The molecule has 144 valence electrons. The summed E-state index contributed by atoms with van der Waals surface area (Å²) in [5, 5.41) is 11.1. The summed E-state index contributed by atoms with van der Waals surface area (Å²) in [5.74, 6) is -1.59. The van der Waals surface area contributed by atoms with Crippen molar-refractivity contribution in [3.63, 3.8) is 0 Å². The fourth-order valence-electron chi connectivity index (χ4n) is 2.35. The van der Waals surface area contributed by atoms with Gasteiger partial charge in [-0.05, 0) is 48.2 Å². The summed E-state index contributed by atoms with van der Waals surface area (Å²) >= 11 is 0. The van der Waals surface area contributed by atoms with Crippen molar-refractivity contribution in [1.29, 1.82) is 0 Å². The number of carbonyl (C=O) groups is 2. The summed E-state index contributed by atoms with van der Waals surface area (Å²) in [5.41, 5.74) is 2.26. The molecule has 2 rings (SSSR count). The van der Waals surface area contributed by atoms with Gasteiger partial charge in [-0.3, -0.25) is 9.59 Å². The standard InChI is InChI=1S/C19H18F3NO4/c20-19(21,22)27-16-9-5-14(6-10-16)2-1-13-3-7-15(8-4-13)18(26)23-12-11-17(24)25/h3-10H,1-2,11-12H2,(H,23,26)(H,24,25). The first-order valence-corrected chi connectivity index (χ1v) is 8.16. The Labute approximate surface area is 153 Å². The Hall–Kier alpha value is -3.03. The molecule has 0 fully saturated rings. The number of hydrogen-bond acceptors (Lipinski definition) is 3. The number of alkyl halides is 3. The topological polar surface area (TPSA) is 75.6 Å². The molecule has 2 aromatic rings. The van der Waals surface area contributed by atoms with Crippen LogP contribution >= 0.6 is 0 Å². The van der Waals surface area contributed by atoms with Gasteiger partial charge in [-0.2, -0.15) is 0 Å². The summed E-state index contributed by atoms with van der Waals surface area (Å²) in [7, 11) is 0. The number of benzene rings is 2. The largest absolute Gasteiger partial charge is 0.573 e. The van der Waals surface area contributed by atoms with Crippen LogP contribution in [0.3, 0.4) is 0 Å². The molecular formula is C19H18F3NO4. The number of carboxylic acids is 1. The van der Waals surface area contributed by atoms with Gasteiger partial charge in [0.05, 0.1) is 6.42 Å². The first-order valence-electron chi connectivity index (χ1n) is 8.16. The van der Waals surface area contributed by atoms with Gasteiger partial charge in [0, 0.05) is 12.1 Å². The smallest absolute Gasteiger partial charge is 0.481 e. The second kappa shape index (κ2) is 9.07. The third-order valence-electron chi connectivity index (χ3n) is 3.70. The molecule has 0 aliphatic rings. The molecule has 0 unspecified atom stereocenters. The maximum atomic E-state index is 12.1. The van der Waals surface area contributed by atoms with Gasteiger partial charge in [0.15, 0.2) is 0 Å². The van der Waals surface area contributed by atoms with Crippen LogP contribution in [0, 0.1) is 0 Å². The van der Waals surface area contributed by atoms with E-state index in [1.807, 2.05) is 0 Å². The predicted molar refractivity (Wildman–Crippen MR) is 91.6 cm³/mol. The number of nitrogens with one attached hydrogen (secondary N) is 1. The number of hydrogen-bond donors (Lipinski definition) is 2. The van der Waals surface area contributed by atoms with Crippen molar-refractivity contribution in [1.82, 2.24) is 5.32 Å². The minimum atomic E-state index is -4.71. The fraction of sp³-hybridized carbons (Fsp3) is 0.263. The third-order valence-corrected chi connectivity index (χ3v) is 3.70. The number of aliphatic carboxylic acids is 1. The van der Waals surface area contributed by atoms with Gasteiger partial charge in [0.1, 0.15) is 5.75 Å². The van der Waals surface area contributed by atoms with E-state index < -0.39 is 12.3 Å². The van der Waals surface area contributed by atoms with Crippen molar-refractivity contribution >= 4 is 11.9 Å². The lowest BCUT2D eigenvalue weighted by Gasteiger charge is -2.09. The number of halogens is 3. The zero-order valence-electron chi connectivity index (χ0n) is 14.3. The van der Waals surface area contributed by atoms with Crippen molar-refractivity contribution in [2.75, 3.05) is 6.54 Å². The molecule has 1 amide bonds. The third kappa shape index (κ3) is 7.39. The Kier molecular flexibility index (Phi) is 6.81. The van der Waals surface area contributed by atoms with Crippen LogP contribution in [0.2, 0.25) is 0 Å². The monoisotopic (exact) mass is 381 g/mol. The molecule has 0 saturated heterocycles. The Balaban J connectivity index is 1.84. The van der Waals surface area contributed by atoms with Gasteiger partial charge >= 0.3 is 12.3 Å². The van der Waals surface area contributed by atoms with Gasteiger partial charge in [0.2, 0.25) is 0 Å². The van der Waals surface area contributed by atoms with E-state index >= 15 is 0 Å². The first-order chi connectivity index (χ1) is 12.7. The highest BCUT2D eigenvalue weighted by Gasteiger charge is 2.30. The summed E-state index contributed by atoms with van der Waals surface area (Å²) in [6, 6.07) is 12.6. The summed E-state index contributed by atoms with van der Waals surface area (Å²) in [6.45, 7) is 0.0595. The molecule has 0 spiro atoms. The number of ether oxygens (including phenoxy) is 1. The molecule has 0 bridgehead atoms. The average molecular weight is 381 g/mol. The van der Waals surface area contributed by atoms with Crippen LogP contribution in [0.15, 0.2) is 48.5 Å². The fourth-order valence-corrected chi connectivity index (χ4v) is 2.35. The van der Waals surface area contributed by atoms with E-state index in [0.717, 1.165) is 11.1 Å². The second-order valence-electron chi connectivity index (χ2n) is 5.79. The molecule has 8 heteroatoms. The molecule has 0 heterocycles. The molecule has 5 nitrogen and oxygen atoms in total. The number of carboxylic acid groups (broad SMARTS) is 1. The maximum Gasteiger partial charge on any atom is 0.573 e. The zero-order chi connectivity index (χ0) is 19.9. The molecule has 0 aliphatic carbocycles. The van der Waals surface area contributed by atoms with Crippen molar-refractivity contribution < 1.29 is 32.6 Å². The summed E-state index contributed by atoms with van der Waals surface area (Å²) in [6.07, 6.45) is -3.57. The van der Waals surface area contributed by atoms with Crippen molar-refractivity contribution in [3.05, 3.63) is 65.2 Å². The van der Waals surface area contributed by atoms with Crippen molar-refractivity contribution in [3.8, 4) is 5.75 Å². The highest BCUT2D eigenvalue weighted by molar-refractivity contribution is 5.94. The zero-order valence-corrected chi connectivity index (χ0v) is 14.3. The SMILES string of the molecule is O=C(O)CCNC(=O)c1ccc(CCc2ccc(OC(F)(F)F)cc2)cc1. The van der Waals surface area contributed by atoms with Crippen molar-refractivity contribution in [2.24, 2.45) is 0 Å². The molecule has 0 aliphatic heterocycles. The van der Waals surface area contributed by atoms with Crippen LogP contribution in [-0.2, 0) is 17.6 Å². The van der Waals surface area contributed by atoms with Gasteiger partial charge in [-0.25, -0.2) is 0 Å². The quantitative estimate of drug-likeness (QED) is 0.733. The van der Waals surface area contributed by atoms with Crippen LogP contribution in [0.25, 0.3) is 0 Å². The van der Waals surface area contributed by atoms with E-state index in [1.54, 1.807) is 36.4 Å². The Morgan fingerprint density at radius 1 is 0.926 bits per heavy atom. The Morgan fingerprint density at radius 3 is 1.93 bits per heavy atom. The number of aryl methyl sites for hydroxylation is 2. The average Bonchev–Trinajstić information content (AvgIpc) is 2.60. The predicted octanol–water partition coefficient (Wildman–Crippen LogP) is 3.57. The van der Waals surface area contributed by atoms with Gasteiger partial charge in [-0.15, -0.1) is 13.2 Å². The second-order valence-corrected chi connectivity index (χ2v) is 5.79. The Bertz CT molecular complexity index is 771. The minimum Gasteiger partial charge on any atom is -0.481 e. The molecule has 27 heavy (non-hydrogen) atoms. The highest BCUT2D eigenvalue weighted by Crippen LogP contribution is 2.23. The Morgan fingerprint density at radius 2 is 1.44 bits per heavy atom. The van der Waals surface area contributed by atoms with Crippen LogP contribution in [0.4, 0.5) is 13.2 Å². The number of amides is 1. The lowest BCUT2D eigenvalue weighted by Crippen LogP contribution is -2.25. The van der Waals surface area contributed by atoms with E-state index in [-0.39, 0.29) is 24.6 Å². The summed E-state index contributed by atoms with van der Waals surface area (Å²) in [4.78, 5) is 22.3. The van der Waals surface area contributed by atoms with Crippen LogP contribution in [0.5, 0.6) is 5.75 Å². The molecule has 0 saturated carbocycles. The number of rotatable bonds is 8. The molecule has 0 aromatic heterocycles. The van der Waals surface area contributed by atoms with E-state index in [1.165, 1.54) is 12.1 Å². The first kappa shape index (κ1) is 20.3. The van der Waals surface area contributed by atoms with E-state index in [0.29, 0.717) is 18.4 Å². The normalized spacial score (nSPS) is 11.1. The maximum absolute atomic E-state index is 12.1.